The fraction of sp³-hybridized carbons (Fsp3) is 0.632. The van der Waals surface area contributed by atoms with E-state index in [0.717, 1.165) is 42.9 Å². The Hall–Kier alpha value is -4.57. The number of carbonyl (C=O) groups is 3. The molecular weight excluding hydrogens is 845 g/mol. The van der Waals surface area contributed by atoms with Gasteiger partial charge in [-0.1, -0.05) is 182 Å². The van der Waals surface area contributed by atoms with Gasteiger partial charge in [0.2, 0.25) is 0 Å². The molecule has 3 rings (SSSR count). The largest absolute Gasteiger partial charge is 0.494 e. The zero-order valence-corrected chi connectivity index (χ0v) is 42.3. The van der Waals surface area contributed by atoms with Gasteiger partial charge >= 0.3 is 17.9 Å². The van der Waals surface area contributed by atoms with Crippen molar-refractivity contribution < 1.29 is 49.0 Å². The fourth-order valence-corrected chi connectivity index (χ4v) is 6.90. The molecule has 0 aromatic heterocycles. The molecule has 0 heterocycles. The van der Waals surface area contributed by atoms with Gasteiger partial charge in [-0.05, 0) is 98.5 Å². The monoisotopic (exact) mass is 937 g/mol. The van der Waals surface area contributed by atoms with Gasteiger partial charge in [-0.25, -0.2) is 14.4 Å². The Morgan fingerprint density at radius 3 is 0.701 bits per heavy atom. The van der Waals surface area contributed by atoms with Crippen LogP contribution in [0.2, 0.25) is 0 Å². The molecule has 0 aliphatic heterocycles. The smallest absolute Gasteiger partial charge is 0.335 e. The molecule has 10 heteroatoms. The molecule has 67 heavy (non-hydrogen) atoms. The number of unbranched alkanes of at least 4 members (excludes halogenated alkanes) is 24. The highest BCUT2D eigenvalue weighted by atomic mass is 16.5. The third-order valence-corrected chi connectivity index (χ3v) is 11.1. The summed E-state index contributed by atoms with van der Waals surface area (Å²) in [7, 11) is 0. The van der Waals surface area contributed by atoms with Crippen LogP contribution in [0.1, 0.15) is 239 Å². The van der Waals surface area contributed by atoms with E-state index in [1.54, 1.807) is 72.8 Å². The summed E-state index contributed by atoms with van der Waals surface area (Å²) in [6, 6.07) is 19.7. The first kappa shape index (κ1) is 62.4. The molecule has 0 unspecified atom stereocenters. The Kier molecular flexibility index (Phi) is 43.4. The van der Waals surface area contributed by atoms with Gasteiger partial charge in [0, 0.05) is 6.61 Å². The molecule has 0 bridgehead atoms. The van der Waals surface area contributed by atoms with Crippen molar-refractivity contribution >= 4 is 17.9 Å². The van der Waals surface area contributed by atoms with E-state index in [9.17, 15) is 14.4 Å². The van der Waals surface area contributed by atoms with Crippen molar-refractivity contribution in [3.8, 4) is 17.2 Å². The summed E-state index contributed by atoms with van der Waals surface area (Å²) in [5, 5.41) is 34.8. The molecule has 0 fully saturated rings. The van der Waals surface area contributed by atoms with Gasteiger partial charge in [-0.15, -0.1) is 0 Å². The van der Waals surface area contributed by atoms with Crippen molar-refractivity contribution in [2.24, 2.45) is 0 Å². The molecule has 0 aliphatic carbocycles. The lowest BCUT2D eigenvalue weighted by Gasteiger charge is -2.06. The van der Waals surface area contributed by atoms with Gasteiger partial charge in [0.15, 0.2) is 0 Å². The van der Waals surface area contributed by atoms with Crippen molar-refractivity contribution in [3.63, 3.8) is 0 Å². The molecule has 3 aromatic carbocycles. The predicted octanol–water partition coefficient (Wildman–Crippen LogP) is 16.3. The highest BCUT2D eigenvalue weighted by molar-refractivity contribution is 5.88. The van der Waals surface area contributed by atoms with E-state index in [2.05, 4.69) is 27.7 Å². The third kappa shape index (κ3) is 39.2. The summed E-state index contributed by atoms with van der Waals surface area (Å²) < 4.78 is 16.7. The lowest BCUT2D eigenvalue weighted by Crippen LogP contribution is -1.99. The van der Waals surface area contributed by atoms with Crippen LogP contribution in [0.25, 0.3) is 0 Å². The molecule has 0 aliphatic rings. The summed E-state index contributed by atoms with van der Waals surface area (Å²) in [4.78, 5) is 32.0. The summed E-state index contributed by atoms with van der Waals surface area (Å²) in [5.41, 5.74) is 0.884. The van der Waals surface area contributed by atoms with Crippen molar-refractivity contribution in [1.82, 2.24) is 0 Å². The normalized spacial score (nSPS) is 10.3. The van der Waals surface area contributed by atoms with Crippen LogP contribution in [0.15, 0.2) is 72.8 Å². The summed E-state index contributed by atoms with van der Waals surface area (Å²) in [6.07, 6.45) is 35.5. The van der Waals surface area contributed by atoms with Crippen LogP contribution in [0.3, 0.4) is 0 Å². The number of hydrogen-bond acceptors (Lipinski definition) is 7. The molecule has 10 nitrogen and oxygen atoms in total. The lowest BCUT2D eigenvalue weighted by molar-refractivity contribution is 0.0686. The van der Waals surface area contributed by atoms with Crippen molar-refractivity contribution in [2.75, 3.05) is 26.4 Å². The second kappa shape index (κ2) is 46.5. The van der Waals surface area contributed by atoms with Crippen LogP contribution in [0.4, 0.5) is 0 Å². The maximum atomic E-state index is 10.7. The zero-order chi connectivity index (χ0) is 49.4. The van der Waals surface area contributed by atoms with Crippen LogP contribution in [-0.4, -0.2) is 64.8 Å². The van der Waals surface area contributed by atoms with E-state index in [1.165, 1.54) is 154 Å². The zero-order valence-electron chi connectivity index (χ0n) is 42.3. The number of benzene rings is 3. The standard InChI is InChI=1S/C17H26O3.C16H24O3.C15H22O3.C9H20O/c1-2-3-4-5-6-7-8-9-14-20-16-12-10-15(11-13-16)17(18)19;1-2-3-4-5-6-7-8-13-19-15-11-9-14(10-12-15)16(17)18;1-2-3-4-5-6-7-12-18-14-10-8-13(9-11-14)15(16)17;1-2-3-4-5-6-7-8-9-10/h10-13H,2-9,14H2,1H3,(H,18,19);9-12H,2-8,13H2,1H3,(H,17,18);8-11H,2-7,12H2,1H3,(H,16,17);10H,2-9H2,1H3. The van der Waals surface area contributed by atoms with Gasteiger partial charge in [-0.2, -0.15) is 0 Å². The Morgan fingerprint density at radius 1 is 0.313 bits per heavy atom. The van der Waals surface area contributed by atoms with Gasteiger partial charge in [0.25, 0.3) is 0 Å². The van der Waals surface area contributed by atoms with E-state index >= 15 is 0 Å². The number of aromatic carboxylic acids is 3. The first-order valence-corrected chi connectivity index (χ1v) is 26.1. The Balaban J connectivity index is 0.000000889. The molecule has 4 N–H and O–H groups in total. The van der Waals surface area contributed by atoms with Crippen LogP contribution in [-0.2, 0) is 0 Å². The number of ether oxygens (including phenoxy) is 3. The quantitative estimate of drug-likeness (QED) is 0.0410. The summed E-state index contributed by atoms with van der Waals surface area (Å²) in [6.45, 7) is 11.4. The maximum Gasteiger partial charge on any atom is 0.335 e. The number of aliphatic hydroxyl groups is 1. The van der Waals surface area contributed by atoms with E-state index < -0.39 is 17.9 Å². The Morgan fingerprint density at radius 2 is 0.507 bits per heavy atom. The van der Waals surface area contributed by atoms with Gasteiger partial charge in [0.05, 0.1) is 36.5 Å². The second-order valence-electron chi connectivity index (χ2n) is 17.2. The summed E-state index contributed by atoms with van der Waals surface area (Å²) in [5.74, 6) is -0.474. The number of rotatable bonds is 37. The predicted molar refractivity (Wildman–Crippen MR) is 276 cm³/mol. The highest BCUT2D eigenvalue weighted by Crippen LogP contribution is 2.17. The molecule has 3 aromatic rings. The van der Waals surface area contributed by atoms with Crippen LogP contribution in [0.5, 0.6) is 17.2 Å². The molecule has 0 spiro atoms. The fourth-order valence-electron chi connectivity index (χ4n) is 6.90. The van der Waals surface area contributed by atoms with Crippen molar-refractivity contribution in [3.05, 3.63) is 89.5 Å². The number of carboxylic acids is 3. The molecule has 0 radical (unpaired) electrons. The highest BCUT2D eigenvalue weighted by Gasteiger charge is 2.04. The van der Waals surface area contributed by atoms with Crippen molar-refractivity contribution in [2.45, 2.75) is 207 Å². The molecular formula is C57H92O10. The molecule has 380 valence electrons. The Labute approximate surface area is 406 Å². The minimum Gasteiger partial charge on any atom is -0.494 e. The van der Waals surface area contributed by atoms with E-state index in [4.69, 9.17) is 34.6 Å². The lowest BCUT2D eigenvalue weighted by atomic mass is 10.1. The average Bonchev–Trinajstić information content (AvgIpc) is 3.33. The van der Waals surface area contributed by atoms with Gasteiger partial charge in [-0.3, -0.25) is 0 Å². The van der Waals surface area contributed by atoms with Crippen LogP contribution in [0, 0.1) is 0 Å². The van der Waals surface area contributed by atoms with E-state index in [0.29, 0.717) is 43.1 Å². The maximum absolute atomic E-state index is 10.7. The molecule has 0 saturated heterocycles. The van der Waals surface area contributed by atoms with E-state index in [1.807, 2.05) is 0 Å². The number of carboxylic acid groups (broad SMARTS) is 3. The summed E-state index contributed by atoms with van der Waals surface area (Å²) >= 11 is 0. The average molecular weight is 937 g/mol. The van der Waals surface area contributed by atoms with Crippen LogP contribution >= 0.6 is 0 Å². The molecule has 0 atom stereocenters. The van der Waals surface area contributed by atoms with Gasteiger partial charge < -0.3 is 34.6 Å². The van der Waals surface area contributed by atoms with E-state index in [-0.39, 0.29) is 0 Å². The first-order valence-electron chi connectivity index (χ1n) is 26.1. The first-order chi connectivity index (χ1) is 32.6. The minimum absolute atomic E-state index is 0.293. The topological polar surface area (TPSA) is 160 Å². The SMILES string of the molecule is CCCCCCCCCCOc1ccc(C(=O)O)cc1.CCCCCCCCCO.CCCCCCCCCOc1ccc(C(=O)O)cc1.CCCCCCCCOc1ccc(C(=O)O)cc1. The Bertz CT molecular complexity index is 1550. The van der Waals surface area contributed by atoms with Gasteiger partial charge in [0.1, 0.15) is 17.2 Å². The van der Waals surface area contributed by atoms with Crippen molar-refractivity contribution in [1.29, 1.82) is 0 Å². The second-order valence-corrected chi connectivity index (χ2v) is 17.2. The third-order valence-electron chi connectivity index (χ3n) is 11.1. The number of hydrogen-bond donors (Lipinski definition) is 4. The number of aliphatic hydroxyl groups excluding tert-OH is 1. The minimum atomic E-state index is -0.905. The van der Waals surface area contributed by atoms with Crippen LogP contribution < -0.4 is 14.2 Å². The molecule has 0 saturated carbocycles. The molecule has 0 amide bonds.